The standard InChI is InChI=1S/C9H15NO2/c1-3-9(12)10(2)7-5-4-6-8-11/h11H,3,6-8H2,1-2H3. The molecule has 0 bridgehead atoms. The van der Waals surface area contributed by atoms with Crippen molar-refractivity contribution in [3.63, 3.8) is 0 Å². The Morgan fingerprint density at radius 3 is 2.67 bits per heavy atom. The predicted molar refractivity (Wildman–Crippen MR) is 47.4 cm³/mol. The molecule has 0 aliphatic heterocycles. The number of carbonyl (C=O) groups excluding carboxylic acids is 1. The zero-order valence-electron chi connectivity index (χ0n) is 7.63. The maximum atomic E-state index is 11.0. The third kappa shape index (κ3) is 4.75. The Morgan fingerprint density at radius 2 is 2.17 bits per heavy atom. The van der Waals surface area contributed by atoms with Crippen molar-refractivity contribution in [3.05, 3.63) is 0 Å². The average Bonchev–Trinajstić information content (AvgIpc) is 2.10. The van der Waals surface area contributed by atoms with Crippen molar-refractivity contribution in [2.45, 2.75) is 19.8 Å². The summed E-state index contributed by atoms with van der Waals surface area (Å²) >= 11 is 0. The fourth-order valence-corrected chi connectivity index (χ4v) is 0.677. The van der Waals surface area contributed by atoms with Crippen LogP contribution in [0.25, 0.3) is 0 Å². The minimum absolute atomic E-state index is 0.0818. The second-order valence-electron chi connectivity index (χ2n) is 2.43. The van der Waals surface area contributed by atoms with Gasteiger partial charge in [0.05, 0.1) is 13.2 Å². The Kier molecular flexibility index (Phi) is 6.12. The molecular weight excluding hydrogens is 154 g/mol. The molecule has 0 saturated heterocycles. The van der Waals surface area contributed by atoms with Gasteiger partial charge in [-0.3, -0.25) is 4.79 Å². The number of rotatable bonds is 3. The van der Waals surface area contributed by atoms with E-state index in [9.17, 15) is 4.79 Å². The second kappa shape index (κ2) is 6.68. The lowest BCUT2D eigenvalue weighted by molar-refractivity contribution is -0.128. The van der Waals surface area contributed by atoms with Crippen LogP contribution in [0.3, 0.4) is 0 Å². The van der Waals surface area contributed by atoms with Crippen LogP contribution in [0.1, 0.15) is 19.8 Å². The van der Waals surface area contributed by atoms with E-state index in [0.717, 1.165) is 0 Å². The van der Waals surface area contributed by atoms with E-state index in [-0.39, 0.29) is 12.5 Å². The van der Waals surface area contributed by atoms with Crippen LogP contribution in [0, 0.1) is 11.8 Å². The molecule has 0 atom stereocenters. The predicted octanol–water partition coefficient (Wildman–Crippen LogP) is 0.241. The summed E-state index contributed by atoms with van der Waals surface area (Å²) in [6, 6.07) is 0. The first kappa shape index (κ1) is 11.0. The van der Waals surface area contributed by atoms with Crippen molar-refractivity contribution in [1.29, 1.82) is 0 Å². The average molecular weight is 169 g/mol. The minimum atomic E-state index is 0.0818. The zero-order chi connectivity index (χ0) is 9.40. The van der Waals surface area contributed by atoms with Crippen molar-refractivity contribution in [2.75, 3.05) is 20.2 Å². The van der Waals surface area contributed by atoms with E-state index in [2.05, 4.69) is 11.8 Å². The van der Waals surface area contributed by atoms with E-state index in [1.807, 2.05) is 6.92 Å². The summed E-state index contributed by atoms with van der Waals surface area (Å²) in [4.78, 5) is 12.6. The highest BCUT2D eigenvalue weighted by Crippen LogP contribution is 1.87. The van der Waals surface area contributed by atoms with Crippen LogP contribution in [-0.4, -0.2) is 36.1 Å². The van der Waals surface area contributed by atoms with Crippen molar-refractivity contribution in [1.82, 2.24) is 4.90 Å². The van der Waals surface area contributed by atoms with Gasteiger partial charge < -0.3 is 10.0 Å². The maximum Gasteiger partial charge on any atom is 0.222 e. The largest absolute Gasteiger partial charge is 0.395 e. The topological polar surface area (TPSA) is 40.5 Å². The number of carbonyl (C=O) groups is 1. The van der Waals surface area contributed by atoms with Gasteiger partial charge in [0.25, 0.3) is 0 Å². The molecule has 3 heteroatoms. The SMILES string of the molecule is CCC(=O)N(C)CC#CCCO. The molecule has 0 fully saturated rings. The summed E-state index contributed by atoms with van der Waals surface area (Å²) in [7, 11) is 1.72. The molecule has 0 spiro atoms. The lowest BCUT2D eigenvalue weighted by atomic mass is 10.4. The molecule has 3 nitrogen and oxygen atoms in total. The molecule has 0 aliphatic rings. The van der Waals surface area contributed by atoms with Gasteiger partial charge in [-0.25, -0.2) is 0 Å². The van der Waals surface area contributed by atoms with Gasteiger partial charge in [0, 0.05) is 19.9 Å². The van der Waals surface area contributed by atoms with Crippen molar-refractivity contribution >= 4 is 5.91 Å². The number of hydrogen-bond donors (Lipinski definition) is 1. The Bertz CT molecular complexity index is 190. The van der Waals surface area contributed by atoms with Crippen LogP contribution in [0.5, 0.6) is 0 Å². The highest BCUT2D eigenvalue weighted by atomic mass is 16.2. The van der Waals surface area contributed by atoms with Crippen LogP contribution in [0.4, 0.5) is 0 Å². The maximum absolute atomic E-state index is 11.0. The molecule has 0 unspecified atom stereocenters. The van der Waals surface area contributed by atoms with Crippen molar-refractivity contribution < 1.29 is 9.90 Å². The number of hydrogen-bond acceptors (Lipinski definition) is 2. The first-order valence-corrected chi connectivity index (χ1v) is 4.03. The number of nitrogens with zero attached hydrogens (tertiary/aromatic N) is 1. The van der Waals surface area contributed by atoms with Crippen LogP contribution < -0.4 is 0 Å². The van der Waals surface area contributed by atoms with Gasteiger partial charge in [-0.15, -0.1) is 0 Å². The van der Waals surface area contributed by atoms with Gasteiger partial charge in [-0.2, -0.15) is 0 Å². The Hall–Kier alpha value is -1.01. The van der Waals surface area contributed by atoms with Crippen molar-refractivity contribution in [2.24, 2.45) is 0 Å². The molecule has 1 amide bonds. The molecule has 68 valence electrons. The fraction of sp³-hybridized carbons (Fsp3) is 0.667. The smallest absolute Gasteiger partial charge is 0.222 e. The van der Waals surface area contributed by atoms with E-state index < -0.39 is 0 Å². The highest BCUT2D eigenvalue weighted by Gasteiger charge is 2.01. The van der Waals surface area contributed by atoms with E-state index in [1.54, 1.807) is 11.9 Å². The Labute approximate surface area is 73.4 Å². The monoisotopic (exact) mass is 169 g/mol. The summed E-state index contributed by atoms with van der Waals surface area (Å²) in [5.41, 5.74) is 0. The molecule has 0 radical (unpaired) electrons. The molecule has 1 N–H and O–H groups in total. The molecule has 0 heterocycles. The molecule has 0 aromatic carbocycles. The molecule has 0 aliphatic carbocycles. The van der Waals surface area contributed by atoms with E-state index in [1.165, 1.54) is 0 Å². The second-order valence-corrected chi connectivity index (χ2v) is 2.43. The fourth-order valence-electron chi connectivity index (χ4n) is 0.677. The third-order valence-corrected chi connectivity index (χ3v) is 1.41. The number of aliphatic hydroxyl groups is 1. The first-order chi connectivity index (χ1) is 5.72. The van der Waals surface area contributed by atoms with Crippen molar-refractivity contribution in [3.8, 4) is 11.8 Å². The number of aliphatic hydroxyl groups excluding tert-OH is 1. The van der Waals surface area contributed by atoms with E-state index in [0.29, 0.717) is 19.4 Å². The number of amides is 1. The minimum Gasteiger partial charge on any atom is -0.395 e. The Morgan fingerprint density at radius 1 is 1.50 bits per heavy atom. The van der Waals surface area contributed by atoms with Gasteiger partial charge in [0.1, 0.15) is 0 Å². The summed E-state index contributed by atoms with van der Waals surface area (Å²) in [6.07, 6.45) is 0.992. The molecule has 0 saturated carbocycles. The van der Waals surface area contributed by atoms with Crippen LogP contribution >= 0.6 is 0 Å². The summed E-state index contributed by atoms with van der Waals surface area (Å²) in [5.74, 6) is 5.64. The molecule has 0 aromatic rings. The quantitative estimate of drug-likeness (QED) is 0.615. The molecule has 12 heavy (non-hydrogen) atoms. The van der Waals surface area contributed by atoms with Crippen LogP contribution in [-0.2, 0) is 4.79 Å². The van der Waals surface area contributed by atoms with Gasteiger partial charge >= 0.3 is 0 Å². The first-order valence-electron chi connectivity index (χ1n) is 4.03. The lowest BCUT2D eigenvalue weighted by Crippen LogP contribution is -2.25. The molecular formula is C9H15NO2. The summed E-state index contributed by atoms with van der Waals surface area (Å²) in [6.45, 7) is 2.35. The van der Waals surface area contributed by atoms with E-state index >= 15 is 0 Å². The van der Waals surface area contributed by atoms with Crippen LogP contribution in [0.15, 0.2) is 0 Å². The van der Waals surface area contributed by atoms with Gasteiger partial charge in [0.2, 0.25) is 5.91 Å². The normalized spacial score (nSPS) is 8.58. The summed E-state index contributed by atoms with van der Waals surface area (Å²) < 4.78 is 0. The highest BCUT2D eigenvalue weighted by molar-refractivity contribution is 5.75. The molecule has 0 aromatic heterocycles. The van der Waals surface area contributed by atoms with Gasteiger partial charge in [-0.1, -0.05) is 18.8 Å². The Balaban J connectivity index is 3.65. The van der Waals surface area contributed by atoms with Crippen LogP contribution in [0.2, 0.25) is 0 Å². The summed E-state index contributed by atoms with van der Waals surface area (Å²) in [5, 5.41) is 8.40. The lowest BCUT2D eigenvalue weighted by Gasteiger charge is -2.11. The zero-order valence-corrected chi connectivity index (χ0v) is 7.63. The third-order valence-electron chi connectivity index (χ3n) is 1.41. The van der Waals surface area contributed by atoms with E-state index in [4.69, 9.17) is 5.11 Å². The molecule has 0 rings (SSSR count). The van der Waals surface area contributed by atoms with Gasteiger partial charge in [-0.05, 0) is 0 Å². The van der Waals surface area contributed by atoms with Gasteiger partial charge in [0.15, 0.2) is 0 Å².